The first-order valence-corrected chi connectivity index (χ1v) is 6.80. The fourth-order valence-electron chi connectivity index (χ4n) is 2.70. The molecule has 0 amide bonds. The molecule has 0 atom stereocenters. The second kappa shape index (κ2) is 5.39. The van der Waals surface area contributed by atoms with E-state index in [-0.39, 0.29) is 5.41 Å². The Kier molecular flexibility index (Phi) is 3.86. The summed E-state index contributed by atoms with van der Waals surface area (Å²) in [6.45, 7) is 6.95. The van der Waals surface area contributed by atoms with Crippen molar-refractivity contribution in [2.75, 3.05) is 0 Å². The van der Waals surface area contributed by atoms with Gasteiger partial charge in [0.15, 0.2) is 0 Å². The molecule has 0 aliphatic carbocycles. The van der Waals surface area contributed by atoms with Gasteiger partial charge in [-0.15, -0.1) is 0 Å². The van der Waals surface area contributed by atoms with E-state index in [1.807, 2.05) is 0 Å². The Morgan fingerprint density at radius 1 is 0.833 bits per heavy atom. The Hall–Kier alpha value is -1.56. The average molecular weight is 238 g/mol. The molecule has 0 aromatic heterocycles. The summed E-state index contributed by atoms with van der Waals surface area (Å²) in [6, 6.07) is 19.5. The van der Waals surface area contributed by atoms with Crippen molar-refractivity contribution in [3.8, 4) is 11.1 Å². The van der Waals surface area contributed by atoms with E-state index in [9.17, 15) is 0 Å². The predicted molar refractivity (Wildman–Crippen MR) is 79.8 cm³/mol. The lowest BCUT2D eigenvalue weighted by molar-refractivity contribution is 0.474. The highest BCUT2D eigenvalue weighted by Gasteiger charge is 2.22. The van der Waals surface area contributed by atoms with Crippen LogP contribution in [-0.2, 0) is 5.41 Å². The van der Waals surface area contributed by atoms with Gasteiger partial charge in [-0.25, -0.2) is 0 Å². The van der Waals surface area contributed by atoms with Gasteiger partial charge in [0, 0.05) is 0 Å². The SMILES string of the molecule is CCCC(C)(C)c1ccccc1-c1ccccc1. The van der Waals surface area contributed by atoms with Gasteiger partial charge in [-0.1, -0.05) is 81.8 Å². The van der Waals surface area contributed by atoms with Crippen molar-refractivity contribution < 1.29 is 0 Å². The molecule has 2 aromatic rings. The second-order valence-electron chi connectivity index (χ2n) is 5.55. The number of rotatable bonds is 4. The van der Waals surface area contributed by atoms with Crippen molar-refractivity contribution in [2.24, 2.45) is 0 Å². The van der Waals surface area contributed by atoms with Crippen molar-refractivity contribution >= 4 is 0 Å². The molecule has 0 fully saturated rings. The second-order valence-corrected chi connectivity index (χ2v) is 5.55. The summed E-state index contributed by atoms with van der Waals surface area (Å²) in [4.78, 5) is 0. The molecule has 0 radical (unpaired) electrons. The molecule has 0 aliphatic rings. The Balaban J connectivity index is 2.50. The molecular weight excluding hydrogens is 216 g/mol. The van der Waals surface area contributed by atoms with Gasteiger partial charge in [-0.2, -0.15) is 0 Å². The molecule has 0 saturated heterocycles. The minimum Gasteiger partial charge on any atom is -0.0654 e. The molecule has 0 spiro atoms. The van der Waals surface area contributed by atoms with Crippen LogP contribution in [0.3, 0.4) is 0 Å². The molecular formula is C18H22. The quantitative estimate of drug-likeness (QED) is 0.666. The van der Waals surface area contributed by atoms with Gasteiger partial charge in [0.05, 0.1) is 0 Å². The first-order chi connectivity index (χ1) is 8.65. The highest BCUT2D eigenvalue weighted by Crippen LogP contribution is 2.35. The molecule has 0 nitrogen and oxygen atoms in total. The maximum atomic E-state index is 2.35. The van der Waals surface area contributed by atoms with Crippen LogP contribution in [0.4, 0.5) is 0 Å². The highest BCUT2D eigenvalue weighted by atomic mass is 14.3. The van der Waals surface area contributed by atoms with Gasteiger partial charge in [0.25, 0.3) is 0 Å². The lowest BCUT2D eigenvalue weighted by Crippen LogP contribution is -2.17. The molecule has 0 unspecified atom stereocenters. The zero-order valence-electron chi connectivity index (χ0n) is 11.6. The summed E-state index contributed by atoms with van der Waals surface area (Å²) < 4.78 is 0. The van der Waals surface area contributed by atoms with Crippen LogP contribution < -0.4 is 0 Å². The fraction of sp³-hybridized carbons (Fsp3) is 0.333. The Morgan fingerprint density at radius 2 is 1.44 bits per heavy atom. The summed E-state index contributed by atoms with van der Waals surface area (Å²) in [5.74, 6) is 0. The smallest absolute Gasteiger partial charge is 0.00975 e. The van der Waals surface area contributed by atoms with Crippen molar-refractivity contribution in [1.29, 1.82) is 0 Å². The van der Waals surface area contributed by atoms with E-state index >= 15 is 0 Å². The summed E-state index contributed by atoms with van der Waals surface area (Å²) >= 11 is 0. The number of hydrogen-bond acceptors (Lipinski definition) is 0. The van der Waals surface area contributed by atoms with E-state index in [0.29, 0.717) is 0 Å². The van der Waals surface area contributed by atoms with Crippen LogP contribution in [0, 0.1) is 0 Å². The molecule has 0 heteroatoms. The van der Waals surface area contributed by atoms with Gasteiger partial charge >= 0.3 is 0 Å². The van der Waals surface area contributed by atoms with E-state index in [1.165, 1.54) is 29.5 Å². The molecule has 0 bridgehead atoms. The molecule has 2 rings (SSSR count). The third kappa shape index (κ3) is 2.64. The van der Waals surface area contributed by atoms with Gasteiger partial charge in [-0.05, 0) is 28.5 Å². The fourth-order valence-corrected chi connectivity index (χ4v) is 2.70. The molecule has 2 aromatic carbocycles. The largest absolute Gasteiger partial charge is 0.0654 e. The normalized spacial score (nSPS) is 11.5. The molecule has 0 saturated carbocycles. The predicted octanol–water partition coefficient (Wildman–Crippen LogP) is 5.43. The maximum absolute atomic E-state index is 2.35. The van der Waals surface area contributed by atoms with Crippen LogP contribution in [0.2, 0.25) is 0 Å². The third-order valence-corrected chi connectivity index (χ3v) is 3.62. The van der Waals surface area contributed by atoms with E-state index < -0.39 is 0 Å². The number of benzene rings is 2. The van der Waals surface area contributed by atoms with E-state index in [2.05, 4.69) is 75.4 Å². The molecule has 0 aliphatic heterocycles. The summed E-state index contributed by atoms with van der Waals surface area (Å²) in [5.41, 5.74) is 4.38. The minimum atomic E-state index is 0.237. The van der Waals surface area contributed by atoms with Gasteiger partial charge in [0.1, 0.15) is 0 Å². The Labute approximate surface area is 111 Å². The van der Waals surface area contributed by atoms with Crippen molar-refractivity contribution in [3.63, 3.8) is 0 Å². The highest BCUT2D eigenvalue weighted by molar-refractivity contribution is 5.68. The topological polar surface area (TPSA) is 0 Å². The lowest BCUT2D eigenvalue weighted by Gasteiger charge is -2.27. The van der Waals surface area contributed by atoms with Crippen molar-refractivity contribution in [3.05, 3.63) is 60.2 Å². The maximum Gasteiger partial charge on any atom is -0.00975 e. The molecule has 0 heterocycles. The van der Waals surface area contributed by atoms with E-state index in [1.54, 1.807) is 0 Å². The van der Waals surface area contributed by atoms with Crippen LogP contribution in [0.1, 0.15) is 39.2 Å². The Bertz CT molecular complexity index is 494. The van der Waals surface area contributed by atoms with Gasteiger partial charge in [-0.3, -0.25) is 0 Å². The number of hydrogen-bond donors (Lipinski definition) is 0. The standard InChI is InChI=1S/C18H22/c1-4-14-18(2,3)17-13-9-8-12-16(17)15-10-6-5-7-11-15/h5-13H,4,14H2,1-3H3. The molecule has 18 heavy (non-hydrogen) atoms. The Morgan fingerprint density at radius 3 is 2.11 bits per heavy atom. The van der Waals surface area contributed by atoms with Crippen LogP contribution in [0.15, 0.2) is 54.6 Å². The first kappa shape index (κ1) is 12.9. The van der Waals surface area contributed by atoms with Crippen LogP contribution in [0.5, 0.6) is 0 Å². The van der Waals surface area contributed by atoms with E-state index in [0.717, 1.165) is 0 Å². The van der Waals surface area contributed by atoms with E-state index in [4.69, 9.17) is 0 Å². The summed E-state index contributed by atoms with van der Waals surface area (Å²) in [5, 5.41) is 0. The molecule has 0 N–H and O–H groups in total. The zero-order valence-corrected chi connectivity index (χ0v) is 11.6. The lowest BCUT2D eigenvalue weighted by atomic mass is 9.77. The molecule has 94 valence electrons. The van der Waals surface area contributed by atoms with Gasteiger partial charge < -0.3 is 0 Å². The average Bonchev–Trinajstić information content (AvgIpc) is 2.40. The van der Waals surface area contributed by atoms with Gasteiger partial charge in [0.2, 0.25) is 0 Å². The van der Waals surface area contributed by atoms with Crippen LogP contribution in [0.25, 0.3) is 11.1 Å². The van der Waals surface area contributed by atoms with Crippen molar-refractivity contribution in [2.45, 2.75) is 39.0 Å². The zero-order chi connectivity index (χ0) is 13.0. The monoisotopic (exact) mass is 238 g/mol. The first-order valence-electron chi connectivity index (χ1n) is 6.80. The third-order valence-electron chi connectivity index (χ3n) is 3.62. The van der Waals surface area contributed by atoms with Crippen LogP contribution >= 0.6 is 0 Å². The van der Waals surface area contributed by atoms with Crippen LogP contribution in [-0.4, -0.2) is 0 Å². The minimum absolute atomic E-state index is 0.237. The van der Waals surface area contributed by atoms with Crippen molar-refractivity contribution in [1.82, 2.24) is 0 Å². The summed E-state index contributed by atoms with van der Waals surface area (Å²) in [7, 11) is 0. The summed E-state index contributed by atoms with van der Waals surface area (Å²) in [6.07, 6.45) is 2.44.